The van der Waals surface area contributed by atoms with Gasteiger partial charge in [-0.25, -0.2) is 4.79 Å². The van der Waals surface area contributed by atoms with Gasteiger partial charge in [0.2, 0.25) is 0 Å². The fourth-order valence-corrected chi connectivity index (χ4v) is 2.14. The first-order valence-electron chi connectivity index (χ1n) is 6.47. The summed E-state index contributed by atoms with van der Waals surface area (Å²) < 4.78 is 8.60. The molecule has 0 radical (unpaired) electrons. The van der Waals surface area contributed by atoms with E-state index in [0.717, 1.165) is 5.69 Å². The number of benzene rings is 1. The molecule has 2 aromatic heterocycles. The molecule has 0 saturated carbocycles. The van der Waals surface area contributed by atoms with Crippen LogP contribution in [0, 0.1) is 0 Å². The van der Waals surface area contributed by atoms with Gasteiger partial charge in [0, 0.05) is 17.9 Å². The summed E-state index contributed by atoms with van der Waals surface area (Å²) in [6.45, 7) is 4.48. The lowest BCUT2D eigenvalue weighted by atomic mass is 10.3. The molecule has 2 heterocycles. The summed E-state index contributed by atoms with van der Waals surface area (Å²) in [4.78, 5) is 11.9. The minimum absolute atomic E-state index is 0.289. The number of hydrogen-bond acceptors (Lipinski definition) is 4. The molecule has 20 heavy (non-hydrogen) atoms. The van der Waals surface area contributed by atoms with Gasteiger partial charge in [0.25, 0.3) is 0 Å². The van der Waals surface area contributed by atoms with Crippen molar-refractivity contribution < 1.29 is 4.42 Å². The van der Waals surface area contributed by atoms with E-state index in [0.29, 0.717) is 23.3 Å². The van der Waals surface area contributed by atoms with Crippen molar-refractivity contribution in [3.63, 3.8) is 0 Å². The zero-order chi connectivity index (χ0) is 14.3. The number of rotatable bonds is 3. The van der Waals surface area contributed by atoms with Crippen LogP contribution in [0.4, 0.5) is 5.69 Å². The third-order valence-electron chi connectivity index (χ3n) is 3.20. The van der Waals surface area contributed by atoms with Crippen molar-refractivity contribution in [1.29, 1.82) is 0 Å². The highest BCUT2D eigenvalue weighted by Gasteiger charge is 2.11. The molecule has 0 aliphatic heterocycles. The summed E-state index contributed by atoms with van der Waals surface area (Å²) >= 11 is 0. The molecule has 6 heteroatoms. The van der Waals surface area contributed by atoms with Gasteiger partial charge in [0.05, 0.1) is 17.8 Å². The quantitative estimate of drug-likeness (QED) is 0.740. The van der Waals surface area contributed by atoms with Crippen molar-refractivity contribution in [1.82, 2.24) is 14.3 Å². The Morgan fingerprint density at radius 2 is 2.15 bits per heavy atom. The summed E-state index contributed by atoms with van der Waals surface area (Å²) in [5, 5.41) is 4.44. The van der Waals surface area contributed by atoms with Gasteiger partial charge in [-0.2, -0.15) is 5.10 Å². The maximum absolute atomic E-state index is 11.9. The van der Waals surface area contributed by atoms with Crippen LogP contribution < -0.4 is 11.5 Å². The lowest BCUT2D eigenvalue weighted by Gasteiger charge is -2.04. The summed E-state index contributed by atoms with van der Waals surface area (Å²) in [6.07, 6.45) is 1.90. The van der Waals surface area contributed by atoms with Gasteiger partial charge in [-0.1, -0.05) is 0 Å². The van der Waals surface area contributed by atoms with Crippen LogP contribution in [0.15, 0.2) is 39.7 Å². The molecule has 2 N–H and O–H groups in total. The number of nitrogens with zero attached hydrogens (tertiary/aromatic N) is 3. The molecule has 1 aromatic carbocycles. The summed E-state index contributed by atoms with van der Waals surface area (Å²) in [7, 11) is 0. The average molecular weight is 272 g/mol. The number of fused-ring (bicyclic) bond motifs is 1. The molecule has 6 nitrogen and oxygen atoms in total. The van der Waals surface area contributed by atoms with Crippen LogP contribution >= 0.6 is 0 Å². The van der Waals surface area contributed by atoms with Gasteiger partial charge >= 0.3 is 5.76 Å². The highest BCUT2D eigenvalue weighted by molar-refractivity contribution is 5.77. The maximum atomic E-state index is 11.9. The van der Waals surface area contributed by atoms with Crippen LogP contribution in [0.25, 0.3) is 11.1 Å². The van der Waals surface area contributed by atoms with E-state index >= 15 is 0 Å². The first-order chi connectivity index (χ1) is 9.54. The molecule has 0 fully saturated rings. The van der Waals surface area contributed by atoms with Crippen LogP contribution in [-0.2, 0) is 6.54 Å². The van der Waals surface area contributed by atoms with Crippen molar-refractivity contribution in [2.75, 3.05) is 5.73 Å². The highest BCUT2D eigenvalue weighted by atomic mass is 16.4. The molecule has 0 bridgehead atoms. The molecule has 104 valence electrons. The number of oxazole rings is 1. The first-order valence-corrected chi connectivity index (χ1v) is 6.47. The molecule has 0 spiro atoms. The molecule has 0 aliphatic carbocycles. The Bertz CT molecular complexity index is 810. The summed E-state index contributed by atoms with van der Waals surface area (Å²) in [5.41, 5.74) is 8.39. The topological polar surface area (TPSA) is 79.0 Å². The number of aromatic nitrogens is 3. The minimum atomic E-state index is -0.398. The maximum Gasteiger partial charge on any atom is 0.420 e. The lowest BCUT2D eigenvalue weighted by molar-refractivity contribution is 0.504. The number of hydrogen-bond donors (Lipinski definition) is 1. The van der Waals surface area contributed by atoms with E-state index in [-0.39, 0.29) is 6.04 Å². The SMILES string of the molecule is CC(C)n1ccc(Cn2c(=O)oc3ccc(N)cc32)n1. The molecular weight excluding hydrogens is 256 g/mol. The van der Waals surface area contributed by atoms with E-state index in [1.54, 1.807) is 22.8 Å². The fourth-order valence-electron chi connectivity index (χ4n) is 2.14. The molecule has 0 amide bonds. The predicted octanol–water partition coefficient (Wildman–Crippen LogP) is 2.00. The molecular formula is C14H16N4O2. The zero-order valence-electron chi connectivity index (χ0n) is 11.4. The van der Waals surface area contributed by atoms with Crippen molar-refractivity contribution >= 4 is 16.8 Å². The Labute approximate surface area is 115 Å². The second-order valence-corrected chi connectivity index (χ2v) is 5.06. The van der Waals surface area contributed by atoms with Crippen molar-refractivity contribution in [2.45, 2.75) is 26.4 Å². The van der Waals surface area contributed by atoms with Gasteiger partial charge < -0.3 is 10.2 Å². The molecule has 0 atom stereocenters. The van der Waals surface area contributed by atoms with Gasteiger partial charge in [0.15, 0.2) is 5.58 Å². The molecule has 0 aliphatic rings. The summed E-state index contributed by atoms with van der Waals surface area (Å²) in [5.74, 6) is -0.398. The van der Waals surface area contributed by atoms with E-state index in [2.05, 4.69) is 18.9 Å². The van der Waals surface area contributed by atoms with E-state index < -0.39 is 5.76 Å². The van der Waals surface area contributed by atoms with Crippen LogP contribution in [-0.4, -0.2) is 14.3 Å². The van der Waals surface area contributed by atoms with Crippen molar-refractivity contribution in [3.8, 4) is 0 Å². The molecule has 0 saturated heterocycles. The number of nitrogen functional groups attached to an aromatic ring is 1. The Hall–Kier alpha value is -2.50. The average Bonchev–Trinajstić information content (AvgIpc) is 2.97. The van der Waals surface area contributed by atoms with Gasteiger partial charge in [0.1, 0.15) is 0 Å². The molecule has 3 aromatic rings. The number of anilines is 1. The lowest BCUT2D eigenvalue weighted by Crippen LogP contribution is -2.15. The van der Waals surface area contributed by atoms with Crippen LogP contribution in [0.1, 0.15) is 25.6 Å². The van der Waals surface area contributed by atoms with Crippen molar-refractivity contribution in [2.24, 2.45) is 0 Å². The second kappa shape index (κ2) is 4.56. The van der Waals surface area contributed by atoms with E-state index in [9.17, 15) is 4.79 Å². The Morgan fingerprint density at radius 1 is 1.35 bits per heavy atom. The van der Waals surface area contributed by atoms with Gasteiger partial charge in [-0.3, -0.25) is 9.25 Å². The second-order valence-electron chi connectivity index (χ2n) is 5.06. The normalized spacial score (nSPS) is 11.6. The van der Waals surface area contributed by atoms with E-state index in [4.69, 9.17) is 10.2 Å². The minimum Gasteiger partial charge on any atom is -0.408 e. The van der Waals surface area contributed by atoms with Crippen LogP contribution in [0.2, 0.25) is 0 Å². The smallest absolute Gasteiger partial charge is 0.408 e. The van der Waals surface area contributed by atoms with E-state index in [1.807, 2.05) is 16.9 Å². The molecule has 0 unspecified atom stereocenters. The van der Waals surface area contributed by atoms with Gasteiger partial charge in [-0.15, -0.1) is 0 Å². The largest absolute Gasteiger partial charge is 0.420 e. The highest BCUT2D eigenvalue weighted by Crippen LogP contribution is 2.17. The van der Waals surface area contributed by atoms with E-state index in [1.165, 1.54) is 0 Å². The Morgan fingerprint density at radius 3 is 2.85 bits per heavy atom. The third kappa shape index (κ3) is 2.09. The monoisotopic (exact) mass is 272 g/mol. The predicted molar refractivity (Wildman–Crippen MR) is 76.6 cm³/mol. The van der Waals surface area contributed by atoms with Crippen molar-refractivity contribution in [3.05, 3.63) is 46.7 Å². The van der Waals surface area contributed by atoms with Crippen LogP contribution in [0.5, 0.6) is 0 Å². The first kappa shape index (κ1) is 12.5. The van der Waals surface area contributed by atoms with Crippen LogP contribution in [0.3, 0.4) is 0 Å². The standard InChI is InChI=1S/C14H16N4O2/c1-9(2)18-6-5-11(16-18)8-17-12-7-10(15)3-4-13(12)20-14(17)19/h3-7,9H,8,15H2,1-2H3. The molecule has 3 rings (SSSR count). The van der Waals surface area contributed by atoms with Gasteiger partial charge in [-0.05, 0) is 38.1 Å². The third-order valence-corrected chi connectivity index (χ3v) is 3.20. The Balaban J connectivity index is 2.03. The number of nitrogens with two attached hydrogens (primary N) is 1. The zero-order valence-corrected chi connectivity index (χ0v) is 11.4. The fraction of sp³-hybridized carbons (Fsp3) is 0.286. The Kier molecular flexibility index (Phi) is 2.85. The summed E-state index contributed by atoms with van der Waals surface area (Å²) in [6, 6.07) is 7.34.